The maximum atomic E-state index is 13.9. The number of ether oxygens (including phenoxy) is 2. The van der Waals surface area contributed by atoms with Crippen molar-refractivity contribution < 1.29 is 13.9 Å². The van der Waals surface area contributed by atoms with Crippen LogP contribution in [0.5, 0.6) is 11.5 Å². The van der Waals surface area contributed by atoms with Crippen LogP contribution in [-0.2, 0) is 13.2 Å². The van der Waals surface area contributed by atoms with E-state index >= 15 is 0 Å². The number of halogens is 2. The van der Waals surface area contributed by atoms with Crippen LogP contribution in [0.2, 0.25) is 5.02 Å². The number of rotatable bonds is 8. The molecule has 0 aromatic heterocycles. The molecule has 0 radical (unpaired) electrons. The van der Waals surface area contributed by atoms with Crippen LogP contribution < -0.4 is 14.8 Å². The van der Waals surface area contributed by atoms with Crippen molar-refractivity contribution in [2.24, 2.45) is 0 Å². The highest BCUT2D eigenvalue weighted by atomic mass is 35.5. The van der Waals surface area contributed by atoms with Gasteiger partial charge in [0.25, 0.3) is 0 Å². The molecule has 0 heterocycles. The van der Waals surface area contributed by atoms with Gasteiger partial charge >= 0.3 is 0 Å². The predicted molar refractivity (Wildman–Crippen MR) is 116 cm³/mol. The fraction of sp³-hybridized carbons (Fsp3) is 0.500. The zero-order chi connectivity index (χ0) is 20.5. The minimum absolute atomic E-state index is 0.103. The molecule has 1 fully saturated rings. The largest absolute Gasteiger partial charge is 0.490 e. The summed E-state index contributed by atoms with van der Waals surface area (Å²) in [6.45, 7) is 3.28. The van der Waals surface area contributed by atoms with Crippen molar-refractivity contribution in [3.8, 4) is 11.5 Å². The number of hydrogen-bond donors (Lipinski definition) is 1. The van der Waals surface area contributed by atoms with Crippen molar-refractivity contribution in [3.05, 3.63) is 58.4 Å². The molecule has 0 spiro atoms. The smallest absolute Gasteiger partial charge is 0.180 e. The number of nitrogens with one attached hydrogen (secondary N) is 1. The van der Waals surface area contributed by atoms with Crippen LogP contribution in [0.4, 0.5) is 4.39 Å². The predicted octanol–water partition coefficient (Wildman–Crippen LogP) is 6.66. The maximum absolute atomic E-state index is 13.9. The van der Waals surface area contributed by atoms with E-state index in [1.165, 1.54) is 51.0 Å². The highest BCUT2D eigenvalue weighted by Crippen LogP contribution is 2.37. The van der Waals surface area contributed by atoms with Gasteiger partial charge in [0.2, 0.25) is 0 Å². The summed E-state index contributed by atoms with van der Waals surface area (Å²) in [6, 6.07) is 11.0. The van der Waals surface area contributed by atoms with Crippen molar-refractivity contribution >= 4 is 11.6 Å². The molecule has 0 amide bonds. The van der Waals surface area contributed by atoms with Gasteiger partial charge in [0.15, 0.2) is 11.5 Å². The molecule has 2 aromatic rings. The maximum Gasteiger partial charge on any atom is 0.180 e. The fourth-order valence-electron chi connectivity index (χ4n) is 3.81. The van der Waals surface area contributed by atoms with Crippen LogP contribution in [0, 0.1) is 5.82 Å². The van der Waals surface area contributed by atoms with Crippen molar-refractivity contribution in [1.82, 2.24) is 5.32 Å². The van der Waals surface area contributed by atoms with E-state index in [2.05, 4.69) is 5.32 Å². The van der Waals surface area contributed by atoms with Gasteiger partial charge in [-0.1, -0.05) is 61.9 Å². The van der Waals surface area contributed by atoms with Gasteiger partial charge in [-0.3, -0.25) is 0 Å². The lowest BCUT2D eigenvalue weighted by Gasteiger charge is -2.22. The summed E-state index contributed by atoms with van der Waals surface area (Å²) in [5.41, 5.74) is 1.56. The molecule has 0 atom stereocenters. The molecular weight excluding hydrogens is 389 g/mol. The summed E-state index contributed by atoms with van der Waals surface area (Å²) < 4.78 is 25.5. The highest BCUT2D eigenvalue weighted by Gasteiger charge is 2.15. The molecule has 3 rings (SSSR count). The molecule has 1 saturated carbocycles. The Labute approximate surface area is 178 Å². The number of benzene rings is 2. The molecule has 0 unspecified atom stereocenters. The van der Waals surface area contributed by atoms with Crippen molar-refractivity contribution in [2.75, 3.05) is 6.61 Å². The first-order chi connectivity index (χ1) is 14.2. The second kappa shape index (κ2) is 11.4. The summed E-state index contributed by atoms with van der Waals surface area (Å²) in [4.78, 5) is 0. The Kier molecular flexibility index (Phi) is 8.63. The Hall–Kier alpha value is -1.78. The zero-order valence-electron chi connectivity index (χ0n) is 17.2. The van der Waals surface area contributed by atoms with Crippen LogP contribution in [0.3, 0.4) is 0 Å². The second-order valence-corrected chi connectivity index (χ2v) is 8.05. The minimum atomic E-state index is -0.290. The molecule has 0 saturated heterocycles. The molecule has 158 valence electrons. The molecule has 2 aromatic carbocycles. The summed E-state index contributed by atoms with van der Waals surface area (Å²) >= 11 is 6.52. The van der Waals surface area contributed by atoms with E-state index < -0.39 is 0 Å². The van der Waals surface area contributed by atoms with E-state index in [0.29, 0.717) is 34.7 Å². The first kappa shape index (κ1) is 21.9. The fourth-order valence-corrected chi connectivity index (χ4v) is 4.10. The van der Waals surface area contributed by atoms with Gasteiger partial charge < -0.3 is 14.8 Å². The third-order valence-corrected chi connectivity index (χ3v) is 5.68. The monoisotopic (exact) mass is 419 g/mol. The van der Waals surface area contributed by atoms with Crippen LogP contribution in [0.1, 0.15) is 63.0 Å². The van der Waals surface area contributed by atoms with Gasteiger partial charge in [0, 0.05) is 18.2 Å². The van der Waals surface area contributed by atoms with Gasteiger partial charge in [-0.15, -0.1) is 0 Å². The second-order valence-electron chi connectivity index (χ2n) is 7.64. The number of hydrogen-bond acceptors (Lipinski definition) is 3. The first-order valence-electron chi connectivity index (χ1n) is 10.7. The van der Waals surface area contributed by atoms with Gasteiger partial charge in [-0.25, -0.2) is 4.39 Å². The van der Waals surface area contributed by atoms with Gasteiger partial charge in [-0.05, 0) is 43.5 Å². The molecule has 3 nitrogen and oxygen atoms in total. The molecule has 0 bridgehead atoms. The molecule has 0 aliphatic heterocycles. The summed E-state index contributed by atoms with van der Waals surface area (Å²) in [5.74, 6) is 0.777. The van der Waals surface area contributed by atoms with Gasteiger partial charge in [0.1, 0.15) is 12.4 Å². The Morgan fingerprint density at radius 1 is 1.03 bits per heavy atom. The molecule has 1 N–H and O–H groups in total. The van der Waals surface area contributed by atoms with Crippen molar-refractivity contribution in [3.63, 3.8) is 0 Å². The van der Waals surface area contributed by atoms with Crippen molar-refractivity contribution in [2.45, 2.75) is 71.1 Å². The van der Waals surface area contributed by atoms with E-state index in [-0.39, 0.29) is 12.4 Å². The van der Waals surface area contributed by atoms with Crippen LogP contribution in [-0.4, -0.2) is 12.6 Å². The Balaban J connectivity index is 1.67. The lowest BCUT2D eigenvalue weighted by molar-refractivity contribution is 0.265. The summed E-state index contributed by atoms with van der Waals surface area (Å²) in [5, 5.41) is 4.17. The Morgan fingerprint density at radius 2 is 1.76 bits per heavy atom. The molecule has 29 heavy (non-hydrogen) atoms. The van der Waals surface area contributed by atoms with Crippen LogP contribution in [0.25, 0.3) is 0 Å². The summed E-state index contributed by atoms with van der Waals surface area (Å²) in [6.07, 6.45) is 9.11. The minimum Gasteiger partial charge on any atom is -0.490 e. The van der Waals surface area contributed by atoms with E-state index in [1.54, 1.807) is 18.2 Å². The third kappa shape index (κ3) is 6.61. The van der Waals surface area contributed by atoms with Crippen LogP contribution in [0.15, 0.2) is 36.4 Å². The quantitative estimate of drug-likeness (QED) is 0.519. The normalized spacial score (nSPS) is 15.6. The molecule has 1 aliphatic carbocycles. The molecule has 5 heteroatoms. The Morgan fingerprint density at radius 3 is 2.48 bits per heavy atom. The van der Waals surface area contributed by atoms with E-state index in [4.69, 9.17) is 21.1 Å². The van der Waals surface area contributed by atoms with Gasteiger partial charge in [0.05, 0.1) is 11.6 Å². The lowest BCUT2D eigenvalue weighted by Crippen LogP contribution is -2.29. The Bertz CT molecular complexity index is 775. The standard InChI is InChI=1S/C24H31ClFNO2/c1-2-28-23-15-18(16-27-20-11-6-4-3-5-7-12-20)14-21(25)24(23)29-17-19-10-8-9-13-22(19)26/h8-10,13-15,20,27H,2-7,11-12,16-17H2,1H3. The topological polar surface area (TPSA) is 30.5 Å². The zero-order valence-corrected chi connectivity index (χ0v) is 17.9. The average Bonchev–Trinajstić information content (AvgIpc) is 2.68. The van der Waals surface area contributed by atoms with Gasteiger partial charge in [-0.2, -0.15) is 0 Å². The van der Waals surface area contributed by atoms with Crippen molar-refractivity contribution in [1.29, 1.82) is 0 Å². The summed E-state index contributed by atoms with van der Waals surface area (Å²) in [7, 11) is 0. The van der Waals surface area contributed by atoms with E-state index in [9.17, 15) is 4.39 Å². The highest BCUT2D eigenvalue weighted by molar-refractivity contribution is 6.32. The lowest BCUT2D eigenvalue weighted by atomic mass is 9.96. The average molecular weight is 420 g/mol. The molecule has 1 aliphatic rings. The molecular formula is C24H31ClFNO2. The van der Waals surface area contributed by atoms with E-state index in [1.807, 2.05) is 19.1 Å². The first-order valence-corrected chi connectivity index (χ1v) is 11.1. The van der Waals surface area contributed by atoms with Crippen LogP contribution >= 0.6 is 11.6 Å². The third-order valence-electron chi connectivity index (χ3n) is 5.40. The SMILES string of the molecule is CCOc1cc(CNC2CCCCCCC2)cc(Cl)c1OCc1ccccc1F. The van der Waals surface area contributed by atoms with E-state index in [0.717, 1.165) is 12.1 Å².